The van der Waals surface area contributed by atoms with E-state index >= 15 is 0 Å². The summed E-state index contributed by atoms with van der Waals surface area (Å²) in [5.74, 6) is 0.581. The van der Waals surface area contributed by atoms with Gasteiger partial charge < -0.3 is 35.0 Å². The maximum atomic E-state index is 13.8. The van der Waals surface area contributed by atoms with Crippen molar-refractivity contribution >= 4 is 24.0 Å². The van der Waals surface area contributed by atoms with Crippen LogP contribution < -0.4 is 10.6 Å². The van der Waals surface area contributed by atoms with Crippen molar-refractivity contribution in [3.05, 3.63) is 72.6 Å². The maximum absolute atomic E-state index is 13.8. The standard InChI is InChI=1S/C42H52N8O7/c1-24(2)34(47-40(53)55-5)38(51)49-20-7-9-32(49)36-43-22-30(45-36)28-14-10-26(11-15-28)27-12-16-29(17-13-27)31-23-44-37(46-31)33-21-42(18-8-19-42)57-50(33)39(52)35(25(3)4)48-41(54)56-6/h10-17,22-25,32-35H,7-9,18-21H2,1-6H3,(H,43,45)(H,44,46)(H,47,53)(H,48,54)/t32-,33-,34-,35?/m0/s1. The molecule has 2 aliphatic heterocycles. The number of rotatable bonds is 11. The second-order valence-corrected chi connectivity index (χ2v) is 15.9. The van der Waals surface area contributed by atoms with Crippen LogP contribution in [0.1, 0.15) is 90.0 Å². The fraction of sp³-hybridized carbons (Fsp3) is 0.476. The molecule has 0 bridgehead atoms. The van der Waals surface area contributed by atoms with Gasteiger partial charge in [-0.05, 0) is 66.2 Å². The van der Waals surface area contributed by atoms with Gasteiger partial charge in [-0.15, -0.1) is 0 Å². The van der Waals surface area contributed by atoms with E-state index in [9.17, 15) is 19.2 Å². The topological polar surface area (TPSA) is 184 Å². The summed E-state index contributed by atoms with van der Waals surface area (Å²) in [6.45, 7) is 8.13. The summed E-state index contributed by atoms with van der Waals surface area (Å²) in [7, 11) is 2.56. The van der Waals surface area contributed by atoms with Crippen molar-refractivity contribution in [2.75, 3.05) is 20.8 Å². The first-order valence-electron chi connectivity index (χ1n) is 19.7. The van der Waals surface area contributed by atoms with Gasteiger partial charge in [-0.1, -0.05) is 76.2 Å². The average Bonchev–Trinajstić information content (AvgIpc) is 4.04. The first-order chi connectivity index (χ1) is 27.4. The van der Waals surface area contributed by atoms with Crippen molar-refractivity contribution < 1.29 is 33.5 Å². The van der Waals surface area contributed by atoms with Gasteiger partial charge in [0.15, 0.2) is 0 Å². The van der Waals surface area contributed by atoms with Crippen molar-refractivity contribution in [1.82, 2.24) is 40.5 Å². The highest BCUT2D eigenvalue weighted by molar-refractivity contribution is 5.87. The molecule has 2 saturated heterocycles. The number of likely N-dealkylation sites (tertiary alicyclic amines) is 1. The first kappa shape index (κ1) is 39.5. The number of carbonyl (C=O) groups is 4. The maximum Gasteiger partial charge on any atom is 0.407 e. The molecule has 57 heavy (non-hydrogen) atoms. The molecule has 15 heteroatoms. The number of alkyl carbamates (subject to hydrolysis) is 2. The molecule has 4 amide bonds. The van der Waals surface area contributed by atoms with Crippen LogP contribution in [0.3, 0.4) is 0 Å². The zero-order valence-corrected chi connectivity index (χ0v) is 33.3. The quantitative estimate of drug-likeness (QED) is 0.129. The molecule has 0 radical (unpaired) electrons. The van der Waals surface area contributed by atoms with Crippen molar-refractivity contribution in [2.45, 2.75) is 96.0 Å². The number of imidazole rings is 2. The van der Waals surface area contributed by atoms with E-state index in [-0.39, 0.29) is 29.7 Å². The number of benzene rings is 2. The highest BCUT2D eigenvalue weighted by Gasteiger charge is 2.54. The number of amides is 4. The fourth-order valence-corrected chi connectivity index (χ4v) is 8.04. The lowest BCUT2D eigenvalue weighted by atomic mass is 9.77. The van der Waals surface area contributed by atoms with Crippen LogP contribution in [-0.2, 0) is 23.9 Å². The van der Waals surface area contributed by atoms with Crippen molar-refractivity contribution in [2.24, 2.45) is 11.8 Å². The molecule has 3 fully saturated rings. The van der Waals surface area contributed by atoms with Gasteiger partial charge in [0, 0.05) is 13.0 Å². The molecule has 2 aromatic heterocycles. The lowest BCUT2D eigenvalue weighted by molar-refractivity contribution is -0.230. The number of nitrogens with one attached hydrogen (secondary N) is 4. The summed E-state index contributed by atoms with van der Waals surface area (Å²) in [5, 5.41) is 6.78. The molecule has 15 nitrogen and oxygen atoms in total. The molecule has 302 valence electrons. The second kappa shape index (κ2) is 16.4. The van der Waals surface area contributed by atoms with E-state index in [0.717, 1.165) is 71.6 Å². The van der Waals surface area contributed by atoms with Crippen molar-refractivity contribution in [3.63, 3.8) is 0 Å². The Balaban J connectivity index is 1.02. The Kier molecular flexibility index (Phi) is 11.4. The van der Waals surface area contributed by atoms with Gasteiger partial charge in [0.1, 0.15) is 29.8 Å². The number of hydrogen-bond donors (Lipinski definition) is 4. The fourth-order valence-electron chi connectivity index (χ4n) is 8.04. The van der Waals surface area contributed by atoms with Crippen molar-refractivity contribution in [1.29, 1.82) is 0 Å². The molecule has 4 aromatic rings. The molecule has 1 saturated carbocycles. The van der Waals surface area contributed by atoms with Crippen LogP contribution >= 0.6 is 0 Å². The normalized spacial score (nSPS) is 19.7. The Morgan fingerprint density at radius 1 is 0.719 bits per heavy atom. The lowest BCUT2D eigenvalue weighted by Gasteiger charge is -2.37. The predicted molar refractivity (Wildman–Crippen MR) is 211 cm³/mol. The van der Waals surface area contributed by atoms with E-state index in [1.807, 2.05) is 52.0 Å². The number of hydrogen-bond acceptors (Lipinski definition) is 9. The number of nitrogens with zero attached hydrogens (tertiary/aromatic N) is 4. The largest absolute Gasteiger partial charge is 0.453 e. The summed E-state index contributed by atoms with van der Waals surface area (Å²) in [5.41, 5.74) is 5.27. The van der Waals surface area contributed by atoms with Crippen LogP contribution in [0.5, 0.6) is 0 Å². The van der Waals surface area contributed by atoms with Crippen LogP contribution in [0.2, 0.25) is 0 Å². The van der Waals surface area contributed by atoms with Crippen LogP contribution in [0, 0.1) is 11.8 Å². The molecule has 4 atom stereocenters. The minimum Gasteiger partial charge on any atom is -0.453 e. The molecule has 2 aromatic carbocycles. The van der Waals surface area contributed by atoms with Gasteiger partial charge in [-0.3, -0.25) is 14.4 Å². The zero-order valence-electron chi connectivity index (χ0n) is 33.3. The van der Waals surface area contributed by atoms with E-state index in [1.165, 1.54) is 19.3 Å². The summed E-state index contributed by atoms with van der Waals surface area (Å²) in [6.07, 6.45) is 7.29. The molecular weight excluding hydrogens is 729 g/mol. The summed E-state index contributed by atoms with van der Waals surface area (Å²) < 4.78 is 9.54. The molecule has 4 heterocycles. The van der Waals surface area contributed by atoms with Crippen LogP contribution in [0.25, 0.3) is 33.6 Å². The number of hydroxylamine groups is 2. The van der Waals surface area contributed by atoms with Crippen LogP contribution in [0.4, 0.5) is 9.59 Å². The van der Waals surface area contributed by atoms with E-state index in [1.54, 1.807) is 17.3 Å². The predicted octanol–water partition coefficient (Wildman–Crippen LogP) is 6.69. The number of H-pyrrole nitrogens is 2. The van der Waals surface area contributed by atoms with Gasteiger partial charge in [0.25, 0.3) is 5.91 Å². The molecule has 7 rings (SSSR count). The average molecular weight is 781 g/mol. The highest BCUT2D eigenvalue weighted by Crippen LogP contribution is 2.50. The molecule has 1 aliphatic carbocycles. The summed E-state index contributed by atoms with van der Waals surface area (Å²) in [4.78, 5) is 75.8. The summed E-state index contributed by atoms with van der Waals surface area (Å²) >= 11 is 0. The van der Waals surface area contributed by atoms with Gasteiger partial charge in [0.05, 0.1) is 49.6 Å². The summed E-state index contributed by atoms with van der Waals surface area (Å²) in [6, 6.07) is 14.3. The number of ether oxygens (including phenoxy) is 2. The highest BCUT2D eigenvalue weighted by atomic mass is 16.7. The van der Waals surface area contributed by atoms with Gasteiger partial charge in [-0.2, -0.15) is 0 Å². The van der Waals surface area contributed by atoms with E-state index < -0.39 is 35.9 Å². The Morgan fingerprint density at radius 3 is 1.65 bits per heavy atom. The minimum absolute atomic E-state index is 0.109. The lowest BCUT2D eigenvalue weighted by Crippen LogP contribution is -2.51. The first-order valence-corrected chi connectivity index (χ1v) is 19.7. The monoisotopic (exact) mass is 780 g/mol. The Hall–Kier alpha value is -5.70. The minimum atomic E-state index is -0.815. The smallest absolute Gasteiger partial charge is 0.407 e. The van der Waals surface area contributed by atoms with E-state index in [4.69, 9.17) is 19.3 Å². The SMILES string of the molecule is COC(=O)NC(C(=O)N1OC2(CCC2)C[C@H]1c1ncc(-c2ccc(-c3ccc(-c4cnc([C@@H]5CCCN5C(=O)[C@@H](NC(=O)OC)C(C)C)[nH]4)cc3)cc2)[nH]1)C(C)C. The Bertz CT molecular complexity index is 2070. The number of methoxy groups -OCH3 is 2. The third-order valence-electron chi connectivity index (χ3n) is 11.5. The molecule has 1 spiro atoms. The van der Waals surface area contributed by atoms with Crippen LogP contribution in [0.15, 0.2) is 60.9 Å². The molecular formula is C42H52N8O7. The van der Waals surface area contributed by atoms with Crippen molar-refractivity contribution in [3.8, 4) is 33.6 Å². The number of aromatic amines is 2. The van der Waals surface area contributed by atoms with Gasteiger partial charge in [0.2, 0.25) is 5.91 Å². The molecule has 4 N–H and O–H groups in total. The Labute approximate surface area is 332 Å². The van der Waals surface area contributed by atoms with E-state index in [0.29, 0.717) is 18.8 Å². The number of carbonyl (C=O) groups excluding carboxylic acids is 4. The molecule has 1 unspecified atom stereocenters. The van der Waals surface area contributed by atoms with Gasteiger partial charge in [-0.25, -0.2) is 24.6 Å². The van der Waals surface area contributed by atoms with Gasteiger partial charge >= 0.3 is 12.2 Å². The third-order valence-corrected chi connectivity index (χ3v) is 11.5. The third kappa shape index (κ3) is 8.11. The van der Waals surface area contributed by atoms with E-state index in [2.05, 4.69) is 49.9 Å². The van der Waals surface area contributed by atoms with Crippen LogP contribution in [-0.4, -0.2) is 92.3 Å². The molecule has 3 aliphatic rings. The second-order valence-electron chi connectivity index (χ2n) is 15.9. The zero-order chi connectivity index (χ0) is 40.4. The Morgan fingerprint density at radius 2 is 1.19 bits per heavy atom. The number of aromatic nitrogens is 4.